The van der Waals surface area contributed by atoms with Crippen LogP contribution in [0.3, 0.4) is 0 Å². The summed E-state index contributed by atoms with van der Waals surface area (Å²) in [6.07, 6.45) is 0. The molecule has 0 radical (unpaired) electrons. The summed E-state index contributed by atoms with van der Waals surface area (Å²) in [5.74, 6) is 0. The number of nitrogens with zero attached hydrogens (tertiary/aromatic N) is 4. The highest BCUT2D eigenvalue weighted by molar-refractivity contribution is 6.12. The van der Waals surface area contributed by atoms with Crippen molar-refractivity contribution in [1.29, 1.82) is 0 Å². The van der Waals surface area contributed by atoms with Crippen LogP contribution in [0, 0.1) is 0 Å². The van der Waals surface area contributed by atoms with Crippen molar-refractivity contribution >= 4 is 111 Å². The molecule has 18 aromatic rings. The fraction of sp³-hybridized carbons (Fsp3) is 0.265. The number of benzene rings is 18. The van der Waals surface area contributed by atoms with Crippen molar-refractivity contribution in [1.82, 2.24) is 0 Å². The van der Waals surface area contributed by atoms with E-state index < -0.39 is 0 Å². The van der Waals surface area contributed by atoms with Crippen LogP contribution < -0.4 is 19.6 Å². The molecule has 140 heavy (non-hydrogen) atoms. The van der Waals surface area contributed by atoms with E-state index in [1.807, 2.05) is 0 Å². The fourth-order valence-corrected chi connectivity index (χ4v) is 24.7. The number of hydrogen-bond donors (Lipinski definition) is 0. The van der Waals surface area contributed by atoms with Crippen LogP contribution in [-0.4, -0.2) is 0 Å². The van der Waals surface area contributed by atoms with Crippen LogP contribution in [0.25, 0.3) is 87.6 Å². The number of rotatable bonds is 12. The van der Waals surface area contributed by atoms with Gasteiger partial charge >= 0.3 is 0 Å². The molecule has 0 saturated carbocycles. The van der Waals surface area contributed by atoms with Crippen LogP contribution in [0.4, 0.5) is 68.2 Å². The molecule has 0 aliphatic heterocycles. The minimum absolute atomic E-state index is 0.0833. The lowest BCUT2D eigenvalue weighted by atomic mass is 9.74. The zero-order valence-corrected chi connectivity index (χ0v) is 87.3. The topological polar surface area (TPSA) is 13.0 Å². The van der Waals surface area contributed by atoms with Gasteiger partial charge in [-0.25, -0.2) is 0 Å². The fourth-order valence-electron chi connectivity index (χ4n) is 24.7. The number of fused-ring (bicyclic) bond motifs is 16. The van der Waals surface area contributed by atoms with Gasteiger partial charge < -0.3 is 19.6 Å². The Balaban J connectivity index is 0.000000181. The molecule has 0 bridgehead atoms. The summed E-state index contributed by atoms with van der Waals surface area (Å²) in [5.41, 5.74) is 42.6. The zero-order valence-electron chi connectivity index (χ0n) is 87.3. The Bertz CT molecular complexity index is 7320. The van der Waals surface area contributed by atoms with Crippen LogP contribution in [0.15, 0.2) is 352 Å². The Morgan fingerprint density at radius 1 is 0.143 bits per heavy atom. The average Bonchev–Trinajstić information content (AvgIpc) is 0.846. The Morgan fingerprint density at radius 2 is 0.314 bits per heavy atom. The SMILES string of the molecule is CC(C)(C)c1c2ccc(N(c3ccc4c(c3)C(C)(C)c3ccccc3-4)c3ccc4c(c3)C(C)(C)c3ccccc3-4)cc2c(C(C)(C)C)c2ccc(N(c3ccc4c(c3)C(C)(C)c3ccccc3-4)c3ccc4c(c3)C(C)(C)c3ccccc3-4)cc12.CC(C)(C)c1ccc(N(c2ccccc2)c2ccc3c(C(C)(C)C)c4cc(N(c5ccccc5)c5ccc(C(C)(C)C)cc5)ccc4c(C(C)(C)C)c3c2)cc1. The summed E-state index contributed by atoms with van der Waals surface area (Å²) in [4.78, 5) is 9.93. The normalized spacial score (nSPS) is 14.6. The summed E-state index contributed by atoms with van der Waals surface area (Å²) in [5, 5.41) is 10.5. The molecule has 18 aromatic carbocycles. The minimum atomic E-state index is -0.217. The van der Waals surface area contributed by atoms with Gasteiger partial charge in [0.15, 0.2) is 0 Å². The summed E-state index contributed by atoms with van der Waals surface area (Å²) in [6.45, 7) is 61.5. The first kappa shape index (κ1) is 92.5. The van der Waals surface area contributed by atoms with E-state index in [-0.39, 0.29) is 54.1 Å². The number of hydrogen-bond acceptors (Lipinski definition) is 4. The smallest absolute Gasteiger partial charge is 0.0468 e. The third-order valence-corrected chi connectivity index (χ3v) is 31.5. The maximum absolute atomic E-state index is 2.55. The maximum atomic E-state index is 2.55. The Morgan fingerprint density at radius 3 is 0.529 bits per heavy atom. The summed E-state index contributed by atoms with van der Waals surface area (Å²) in [7, 11) is 0. The average molecular weight is 1830 g/mol. The lowest BCUT2D eigenvalue weighted by Crippen LogP contribution is -2.20. The van der Waals surface area contributed by atoms with E-state index in [1.165, 1.54) is 188 Å². The highest BCUT2D eigenvalue weighted by Gasteiger charge is 2.43. The molecular formula is C136H136N4. The Labute approximate surface area is 833 Å². The predicted octanol–water partition coefficient (Wildman–Crippen LogP) is 38.9. The second-order valence-electron chi connectivity index (χ2n) is 48.6. The zero-order chi connectivity index (χ0) is 98.6. The molecule has 0 amide bonds. The molecule has 4 aliphatic carbocycles. The van der Waals surface area contributed by atoms with Gasteiger partial charge in [-0.1, -0.05) is 386 Å². The van der Waals surface area contributed by atoms with E-state index in [1.54, 1.807) is 0 Å². The minimum Gasteiger partial charge on any atom is -0.310 e. The molecule has 0 saturated heterocycles. The second-order valence-corrected chi connectivity index (χ2v) is 48.6. The lowest BCUT2D eigenvalue weighted by Gasteiger charge is -2.34. The van der Waals surface area contributed by atoms with E-state index in [2.05, 4.69) is 551 Å². The molecular weight excluding hydrogens is 1690 g/mol. The van der Waals surface area contributed by atoms with Gasteiger partial charge in [-0.15, -0.1) is 0 Å². The van der Waals surface area contributed by atoms with Crippen LogP contribution in [0.5, 0.6) is 0 Å². The van der Waals surface area contributed by atoms with Gasteiger partial charge in [0.2, 0.25) is 0 Å². The standard InChI is InChI=1S/C82H76N2.C54H60N2/c1-77(2,3)75-63-41-35-50(84(53-33-39-61-57-25-17-21-29-69(57)81(11,12)73(61)47-53)54-34-40-62-58-26-18-22-30-70(58)82(13,14)74(62)48-54)44-66(63)76(78(4,5)6)64-42-36-49(43-65(64)75)83(51-31-37-59-55-23-15-19-27-67(55)79(7,8)71(59)45-51)52-32-38-60-56-24-16-20-28-68(56)80(9,10)72(60)46-52;1-51(2,3)37-23-27-41(28-24-37)55(39-19-15-13-16-20-39)43-31-33-45-47(35-43)49(53(7,8)9)46-34-32-44(36-48(46)50(45)54(10,11)12)56(40-21-17-14-18-22-40)42-29-25-38(26-30-42)52(4,5)6/h15-48H,1-14H3;13-36H,1-12H3. The van der Waals surface area contributed by atoms with Crippen LogP contribution >= 0.6 is 0 Å². The van der Waals surface area contributed by atoms with Crippen molar-refractivity contribution < 1.29 is 0 Å². The molecule has 0 spiro atoms. The molecule has 22 rings (SSSR count). The Hall–Kier alpha value is -13.8. The summed E-state index contributed by atoms with van der Waals surface area (Å²) in [6, 6.07) is 134. The molecule has 4 aliphatic rings. The van der Waals surface area contributed by atoms with Gasteiger partial charge in [0.1, 0.15) is 0 Å². The molecule has 700 valence electrons. The molecule has 0 N–H and O–H groups in total. The molecule has 0 heterocycles. The van der Waals surface area contributed by atoms with E-state index in [0.717, 1.165) is 45.5 Å². The first-order valence-electron chi connectivity index (χ1n) is 50.9. The first-order chi connectivity index (χ1) is 66.3. The van der Waals surface area contributed by atoms with Gasteiger partial charge in [0, 0.05) is 89.9 Å². The van der Waals surface area contributed by atoms with Crippen LogP contribution in [-0.2, 0) is 54.1 Å². The van der Waals surface area contributed by atoms with Gasteiger partial charge in [0.25, 0.3) is 0 Å². The third kappa shape index (κ3) is 15.4. The van der Waals surface area contributed by atoms with Crippen molar-refractivity contribution in [2.24, 2.45) is 0 Å². The van der Waals surface area contributed by atoms with Crippen LogP contribution in [0.2, 0.25) is 0 Å². The maximum Gasteiger partial charge on any atom is 0.0468 e. The van der Waals surface area contributed by atoms with Gasteiger partial charge in [-0.05, 0) is 344 Å². The van der Waals surface area contributed by atoms with E-state index in [4.69, 9.17) is 0 Å². The van der Waals surface area contributed by atoms with Crippen LogP contribution in [0.1, 0.15) is 258 Å². The van der Waals surface area contributed by atoms with Gasteiger partial charge in [0.05, 0.1) is 0 Å². The van der Waals surface area contributed by atoms with Gasteiger partial charge in [-0.2, -0.15) is 0 Å². The first-order valence-corrected chi connectivity index (χ1v) is 50.9. The molecule has 0 aromatic heterocycles. The second kappa shape index (κ2) is 32.9. The molecule has 0 fully saturated rings. The highest BCUT2D eigenvalue weighted by atomic mass is 15.2. The van der Waals surface area contributed by atoms with Gasteiger partial charge in [-0.3, -0.25) is 0 Å². The molecule has 0 unspecified atom stereocenters. The molecule has 0 atom stereocenters. The predicted molar refractivity (Wildman–Crippen MR) is 604 cm³/mol. The largest absolute Gasteiger partial charge is 0.310 e. The van der Waals surface area contributed by atoms with Crippen molar-refractivity contribution in [3.05, 3.63) is 430 Å². The van der Waals surface area contributed by atoms with Crippen molar-refractivity contribution in [2.45, 2.75) is 234 Å². The van der Waals surface area contributed by atoms with Crippen molar-refractivity contribution in [3.8, 4) is 44.5 Å². The quantitative estimate of drug-likeness (QED) is 0.113. The lowest BCUT2D eigenvalue weighted by molar-refractivity contribution is 0.590. The Kier molecular flexibility index (Phi) is 21.8. The summed E-state index contributed by atoms with van der Waals surface area (Å²) < 4.78 is 0. The van der Waals surface area contributed by atoms with E-state index in [0.29, 0.717) is 0 Å². The summed E-state index contributed by atoms with van der Waals surface area (Å²) >= 11 is 0. The van der Waals surface area contributed by atoms with E-state index >= 15 is 0 Å². The van der Waals surface area contributed by atoms with E-state index in [9.17, 15) is 0 Å². The number of anilines is 12. The highest BCUT2D eigenvalue weighted by Crippen LogP contribution is 2.60. The van der Waals surface area contributed by atoms with Crippen molar-refractivity contribution in [2.75, 3.05) is 19.6 Å². The molecule has 4 heteroatoms. The molecule has 4 nitrogen and oxygen atoms in total. The third-order valence-electron chi connectivity index (χ3n) is 31.5. The monoisotopic (exact) mass is 1830 g/mol. The van der Waals surface area contributed by atoms with Crippen molar-refractivity contribution in [3.63, 3.8) is 0 Å². The number of para-hydroxylation sites is 2.